The second-order valence-electron chi connectivity index (χ2n) is 4.82. The first-order chi connectivity index (χ1) is 9.68. The van der Waals surface area contributed by atoms with Gasteiger partial charge in [-0.25, -0.2) is 4.39 Å². The number of amides is 1. The van der Waals surface area contributed by atoms with Crippen molar-refractivity contribution in [3.05, 3.63) is 35.1 Å². The summed E-state index contributed by atoms with van der Waals surface area (Å²) in [6.07, 6.45) is -4.84. The molecule has 1 aromatic carbocycles. The van der Waals surface area contributed by atoms with Crippen molar-refractivity contribution >= 4 is 11.9 Å². The SMILES string of the molecule is O=C(O)C1CC(=O)N(Cc2cc(C(F)(F)F)ccc2F)C1. The Labute approximate surface area is 117 Å². The van der Waals surface area contributed by atoms with Crippen molar-refractivity contribution in [3.63, 3.8) is 0 Å². The lowest BCUT2D eigenvalue weighted by Crippen LogP contribution is -2.26. The summed E-state index contributed by atoms with van der Waals surface area (Å²) in [7, 11) is 0. The number of carbonyl (C=O) groups is 2. The van der Waals surface area contributed by atoms with Crippen LogP contribution in [0.5, 0.6) is 0 Å². The topological polar surface area (TPSA) is 57.6 Å². The van der Waals surface area contributed by atoms with Gasteiger partial charge in [0.25, 0.3) is 0 Å². The molecule has 1 aliphatic heterocycles. The van der Waals surface area contributed by atoms with Crippen molar-refractivity contribution < 1.29 is 32.3 Å². The zero-order valence-electron chi connectivity index (χ0n) is 10.7. The van der Waals surface area contributed by atoms with Gasteiger partial charge in [0, 0.05) is 25.1 Å². The van der Waals surface area contributed by atoms with E-state index in [9.17, 15) is 27.2 Å². The van der Waals surface area contributed by atoms with Crippen LogP contribution in [0.2, 0.25) is 0 Å². The quantitative estimate of drug-likeness (QED) is 0.872. The van der Waals surface area contributed by atoms with Crippen molar-refractivity contribution in [2.45, 2.75) is 19.1 Å². The molecule has 1 aliphatic rings. The highest BCUT2D eigenvalue weighted by molar-refractivity contribution is 5.86. The lowest BCUT2D eigenvalue weighted by atomic mass is 10.1. The Morgan fingerprint density at radius 1 is 1.38 bits per heavy atom. The largest absolute Gasteiger partial charge is 0.481 e. The van der Waals surface area contributed by atoms with Gasteiger partial charge in [0.2, 0.25) is 5.91 Å². The Bertz CT molecular complexity index is 585. The van der Waals surface area contributed by atoms with Gasteiger partial charge < -0.3 is 10.0 Å². The number of hydrogen-bond donors (Lipinski definition) is 1. The highest BCUT2D eigenvalue weighted by atomic mass is 19.4. The van der Waals surface area contributed by atoms with Crippen LogP contribution in [0, 0.1) is 11.7 Å². The highest BCUT2D eigenvalue weighted by Crippen LogP contribution is 2.31. The van der Waals surface area contributed by atoms with Gasteiger partial charge in [-0.2, -0.15) is 13.2 Å². The predicted molar refractivity (Wildman–Crippen MR) is 62.6 cm³/mol. The first-order valence-electron chi connectivity index (χ1n) is 6.04. The van der Waals surface area contributed by atoms with Crippen molar-refractivity contribution in [2.75, 3.05) is 6.54 Å². The standard InChI is InChI=1S/C13H11F4NO3/c14-10-2-1-9(13(15,16)17)3-7(10)5-18-6-8(12(20)21)4-11(18)19/h1-3,8H,4-6H2,(H,20,21). The number of rotatable bonds is 3. The smallest absolute Gasteiger partial charge is 0.416 e. The summed E-state index contributed by atoms with van der Waals surface area (Å²) < 4.78 is 51.3. The molecule has 1 N–H and O–H groups in total. The number of likely N-dealkylation sites (tertiary alicyclic amines) is 1. The summed E-state index contributed by atoms with van der Waals surface area (Å²) >= 11 is 0. The monoisotopic (exact) mass is 305 g/mol. The van der Waals surface area contributed by atoms with E-state index in [0.29, 0.717) is 18.2 Å². The molecule has 1 amide bonds. The fourth-order valence-corrected chi connectivity index (χ4v) is 2.17. The number of alkyl halides is 3. The first-order valence-corrected chi connectivity index (χ1v) is 6.04. The predicted octanol–water partition coefficient (Wildman–Crippen LogP) is 2.28. The molecule has 2 rings (SSSR count). The van der Waals surface area contributed by atoms with Crippen LogP contribution in [-0.4, -0.2) is 28.4 Å². The zero-order chi connectivity index (χ0) is 15.8. The lowest BCUT2D eigenvalue weighted by Gasteiger charge is -2.17. The number of hydrogen-bond acceptors (Lipinski definition) is 2. The summed E-state index contributed by atoms with van der Waals surface area (Å²) in [4.78, 5) is 23.5. The van der Waals surface area contributed by atoms with Gasteiger partial charge in [-0.1, -0.05) is 0 Å². The highest BCUT2D eigenvalue weighted by Gasteiger charge is 2.35. The van der Waals surface area contributed by atoms with E-state index in [1.54, 1.807) is 0 Å². The molecule has 21 heavy (non-hydrogen) atoms. The van der Waals surface area contributed by atoms with Crippen molar-refractivity contribution in [1.82, 2.24) is 4.90 Å². The molecule has 1 heterocycles. The summed E-state index contributed by atoms with van der Waals surface area (Å²) in [5.74, 6) is -3.45. The Kier molecular flexibility index (Phi) is 3.89. The molecule has 0 aliphatic carbocycles. The first kappa shape index (κ1) is 15.3. The number of benzene rings is 1. The van der Waals surface area contributed by atoms with E-state index in [0.717, 1.165) is 4.90 Å². The Morgan fingerprint density at radius 3 is 2.57 bits per heavy atom. The maximum Gasteiger partial charge on any atom is 0.416 e. The minimum atomic E-state index is -4.61. The van der Waals surface area contributed by atoms with Crippen molar-refractivity contribution in [3.8, 4) is 0 Å². The van der Waals surface area contributed by atoms with Crippen LogP contribution in [0.1, 0.15) is 17.5 Å². The molecule has 1 saturated heterocycles. The number of carboxylic acid groups (broad SMARTS) is 1. The molecule has 1 aromatic rings. The number of carbonyl (C=O) groups excluding carboxylic acids is 1. The van der Waals surface area contributed by atoms with E-state index in [1.807, 2.05) is 0 Å². The van der Waals surface area contributed by atoms with Crippen molar-refractivity contribution in [1.29, 1.82) is 0 Å². The number of halogens is 4. The normalized spacial score (nSPS) is 19.1. The summed E-state index contributed by atoms with van der Waals surface area (Å²) in [5.41, 5.74) is -1.30. The van der Waals surface area contributed by atoms with Crippen LogP contribution in [0.4, 0.5) is 17.6 Å². The third kappa shape index (κ3) is 3.32. The van der Waals surface area contributed by atoms with E-state index in [1.165, 1.54) is 0 Å². The Hall–Kier alpha value is -2.12. The van der Waals surface area contributed by atoms with Crippen LogP contribution in [-0.2, 0) is 22.3 Å². The van der Waals surface area contributed by atoms with Crippen LogP contribution in [0.25, 0.3) is 0 Å². The number of aliphatic carboxylic acids is 1. The second kappa shape index (κ2) is 5.34. The number of carboxylic acids is 1. The fourth-order valence-electron chi connectivity index (χ4n) is 2.17. The van der Waals surface area contributed by atoms with Gasteiger partial charge >= 0.3 is 12.1 Å². The molecule has 0 saturated carbocycles. The van der Waals surface area contributed by atoms with Gasteiger partial charge in [0.1, 0.15) is 5.82 Å². The van der Waals surface area contributed by atoms with E-state index in [-0.39, 0.29) is 25.1 Å². The Morgan fingerprint density at radius 2 is 2.05 bits per heavy atom. The van der Waals surface area contributed by atoms with Crippen LogP contribution in [0.15, 0.2) is 18.2 Å². The van der Waals surface area contributed by atoms with Crippen LogP contribution >= 0.6 is 0 Å². The molecule has 4 nitrogen and oxygen atoms in total. The third-order valence-electron chi connectivity index (χ3n) is 3.30. The average molecular weight is 305 g/mol. The maximum absolute atomic E-state index is 13.6. The molecule has 0 radical (unpaired) electrons. The zero-order valence-corrected chi connectivity index (χ0v) is 10.7. The molecule has 1 unspecified atom stereocenters. The molecule has 114 valence electrons. The van der Waals surface area contributed by atoms with Crippen LogP contribution < -0.4 is 0 Å². The summed E-state index contributed by atoms with van der Waals surface area (Å²) in [6, 6.07) is 1.94. The van der Waals surface area contributed by atoms with E-state index < -0.39 is 35.4 Å². The van der Waals surface area contributed by atoms with Gasteiger partial charge in [-0.05, 0) is 18.2 Å². The number of nitrogens with zero attached hydrogens (tertiary/aromatic N) is 1. The van der Waals surface area contributed by atoms with Gasteiger partial charge in [-0.3, -0.25) is 9.59 Å². The molecular formula is C13H11F4NO3. The fraction of sp³-hybridized carbons (Fsp3) is 0.385. The summed E-state index contributed by atoms with van der Waals surface area (Å²) in [5, 5.41) is 8.82. The van der Waals surface area contributed by atoms with Gasteiger partial charge in [0.05, 0.1) is 11.5 Å². The molecule has 1 fully saturated rings. The van der Waals surface area contributed by atoms with E-state index in [4.69, 9.17) is 5.11 Å². The van der Waals surface area contributed by atoms with Gasteiger partial charge in [-0.15, -0.1) is 0 Å². The molecular weight excluding hydrogens is 294 g/mol. The molecule has 8 heteroatoms. The molecule has 0 bridgehead atoms. The van der Waals surface area contributed by atoms with E-state index in [2.05, 4.69) is 0 Å². The molecule has 0 aromatic heterocycles. The minimum Gasteiger partial charge on any atom is -0.481 e. The van der Waals surface area contributed by atoms with E-state index >= 15 is 0 Å². The minimum absolute atomic E-state index is 0.135. The molecule has 1 atom stereocenters. The van der Waals surface area contributed by atoms with Crippen LogP contribution in [0.3, 0.4) is 0 Å². The lowest BCUT2D eigenvalue weighted by molar-refractivity contribution is -0.141. The second-order valence-corrected chi connectivity index (χ2v) is 4.82. The molecule has 0 spiro atoms. The maximum atomic E-state index is 13.6. The summed E-state index contributed by atoms with van der Waals surface area (Å²) in [6.45, 7) is -0.512. The van der Waals surface area contributed by atoms with Gasteiger partial charge in [0.15, 0.2) is 0 Å². The third-order valence-corrected chi connectivity index (χ3v) is 3.30. The van der Waals surface area contributed by atoms with Crippen molar-refractivity contribution in [2.24, 2.45) is 5.92 Å². The average Bonchev–Trinajstić information content (AvgIpc) is 2.72. The Balaban J connectivity index is 2.20.